The minimum absolute atomic E-state index is 0.173. The number of carbonyl (C=O) groups excluding carboxylic acids is 1. The molecule has 1 aliphatic rings. The van der Waals surface area contributed by atoms with Gasteiger partial charge in [-0.25, -0.2) is 4.98 Å². The Bertz CT molecular complexity index is 1300. The molecule has 0 bridgehead atoms. The number of nitrogens with zero attached hydrogens (tertiary/aromatic N) is 3. The maximum atomic E-state index is 12.5. The molecular formula is C23H21N5O3. The number of nitrogens with one attached hydrogen (secondary N) is 2. The summed E-state index contributed by atoms with van der Waals surface area (Å²) in [6.45, 7) is 2.16. The van der Waals surface area contributed by atoms with Crippen molar-refractivity contribution in [1.82, 2.24) is 25.1 Å². The van der Waals surface area contributed by atoms with Gasteiger partial charge in [-0.05, 0) is 36.8 Å². The average molecular weight is 415 g/mol. The van der Waals surface area contributed by atoms with Crippen LogP contribution in [0.4, 0.5) is 0 Å². The first-order chi connectivity index (χ1) is 15.1. The van der Waals surface area contributed by atoms with Crippen LogP contribution in [-0.2, 0) is 11.8 Å². The summed E-state index contributed by atoms with van der Waals surface area (Å²) < 4.78 is 12.5. The quantitative estimate of drug-likeness (QED) is 0.486. The predicted octanol–water partition coefficient (Wildman–Crippen LogP) is 3.58. The van der Waals surface area contributed by atoms with Crippen molar-refractivity contribution in [2.24, 2.45) is 7.05 Å². The van der Waals surface area contributed by atoms with Gasteiger partial charge in [0.1, 0.15) is 5.65 Å². The van der Waals surface area contributed by atoms with E-state index in [9.17, 15) is 4.79 Å². The molecule has 4 heterocycles. The molecule has 8 heteroatoms. The van der Waals surface area contributed by atoms with Crippen molar-refractivity contribution < 1.29 is 14.3 Å². The minimum Gasteiger partial charge on any atom is -0.454 e. The number of hydrogen-bond acceptors (Lipinski definition) is 5. The lowest BCUT2D eigenvalue weighted by molar-refractivity contribution is -0.117. The van der Waals surface area contributed by atoms with Gasteiger partial charge in [-0.1, -0.05) is 6.07 Å². The first-order valence-electron chi connectivity index (χ1n) is 9.91. The summed E-state index contributed by atoms with van der Waals surface area (Å²) in [6.07, 6.45) is 10.7. The van der Waals surface area contributed by atoms with Gasteiger partial charge in [0.25, 0.3) is 0 Å². The lowest BCUT2D eigenvalue weighted by atomic mass is 10.1. The summed E-state index contributed by atoms with van der Waals surface area (Å²) in [4.78, 5) is 20.1. The van der Waals surface area contributed by atoms with E-state index in [1.165, 1.54) is 6.08 Å². The van der Waals surface area contributed by atoms with E-state index in [4.69, 9.17) is 9.47 Å². The minimum atomic E-state index is -0.184. The number of aromatic amines is 1. The zero-order valence-corrected chi connectivity index (χ0v) is 17.1. The number of rotatable bonds is 5. The van der Waals surface area contributed by atoms with E-state index >= 15 is 0 Å². The fraction of sp³-hybridized carbons (Fsp3) is 0.174. The van der Waals surface area contributed by atoms with E-state index in [1.807, 2.05) is 56.8 Å². The van der Waals surface area contributed by atoms with Crippen LogP contribution in [0.3, 0.4) is 0 Å². The Balaban J connectivity index is 1.32. The molecule has 5 rings (SSSR count). The zero-order valence-electron chi connectivity index (χ0n) is 17.1. The summed E-state index contributed by atoms with van der Waals surface area (Å²) >= 11 is 0. The highest BCUT2D eigenvalue weighted by molar-refractivity contribution is 5.96. The van der Waals surface area contributed by atoms with E-state index in [-0.39, 0.29) is 18.7 Å². The van der Waals surface area contributed by atoms with E-state index in [2.05, 4.69) is 20.4 Å². The van der Waals surface area contributed by atoms with Crippen LogP contribution in [0, 0.1) is 0 Å². The Morgan fingerprint density at radius 3 is 2.94 bits per heavy atom. The number of aromatic nitrogens is 4. The molecule has 4 aromatic rings. The van der Waals surface area contributed by atoms with Crippen LogP contribution in [0.15, 0.2) is 55.1 Å². The second kappa shape index (κ2) is 7.64. The smallest absolute Gasteiger partial charge is 0.244 e. The molecule has 0 radical (unpaired) electrons. The topological polar surface area (TPSA) is 94.1 Å². The van der Waals surface area contributed by atoms with Crippen molar-refractivity contribution in [2.75, 3.05) is 6.79 Å². The van der Waals surface area contributed by atoms with Crippen molar-refractivity contribution in [3.05, 3.63) is 66.3 Å². The van der Waals surface area contributed by atoms with Crippen LogP contribution < -0.4 is 14.8 Å². The highest BCUT2D eigenvalue weighted by Gasteiger charge is 2.16. The molecule has 0 saturated carbocycles. The molecule has 1 aromatic carbocycles. The Kier molecular flexibility index (Phi) is 4.66. The number of pyridine rings is 1. The highest BCUT2D eigenvalue weighted by Crippen LogP contribution is 2.34. The number of amides is 1. The number of ether oxygens (including phenoxy) is 2. The molecule has 31 heavy (non-hydrogen) atoms. The monoisotopic (exact) mass is 415 g/mol. The summed E-state index contributed by atoms with van der Waals surface area (Å²) in [7, 11) is 1.88. The van der Waals surface area contributed by atoms with E-state index < -0.39 is 0 Å². The molecule has 3 aromatic heterocycles. The van der Waals surface area contributed by atoms with Crippen molar-refractivity contribution in [3.63, 3.8) is 0 Å². The molecule has 0 aliphatic carbocycles. The number of hydrogen-bond donors (Lipinski definition) is 2. The summed E-state index contributed by atoms with van der Waals surface area (Å²) in [6, 6.07) is 7.54. The molecule has 1 aliphatic heterocycles. The van der Waals surface area contributed by atoms with Crippen molar-refractivity contribution in [3.8, 4) is 22.6 Å². The third kappa shape index (κ3) is 3.75. The summed E-state index contributed by atoms with van der Waals surface area (Å²) in [5.41, 5.74) is 4.56. The van der Waals surface area contributed by atoms with Gasteiger partial charge < -0.3 is 19.8 Å². The van der Waals surface area contributed by atoms with E-state index in [1.54, 1.807) is 17.0 Å². The van der Waals surface area contributed by atoms with E-state index in [0.717, 1.165) is 39.0 Å². The standard InChI is InChI=1S/C23H21N5O3/c1-14(15-3-5-20-21(8-15)31-13-30-20)27-22(29)6-4-16-9-24-23-19(16)7-17(10-25-23)18-11-26-28(2)12-18/h3-12,14H,13H2,1-2H3,(H,24,25)(H,27,29)/b6-4+/t14-/m1/s1. The molecule has 2 N–H and O–H groups in total. The van der Waals surface area contributed by atoms with Gasteiger partial charge in [-0.3, -0.25) is 9.48 Å². The normalized spacial score (nSPS) is 13.7. The van der Waals surface area contributed by atoms with Crippen LogP contribution >= 0.6 is 0 Å². The zero-order chi connectivity index (χ0) is 21.4. The van der Waals surface area contributed by atoms with Gasteiger partial charge >= 0.3 is 0 Å². The number of carbonyl (C=O) groups is 1. The molecule has 1 amide bonds. The lowest BCUT2D eigenvalue weighted by Gasteiger charge is -2.13. The van der Waals surface area contributed by atoms with Crippen LogP contribution in [0.1, 0.15) is 24.1 Å². The molecule has 1 atom stereocenters. The number of fused-ring (bicyclic) bond motifs is 2. The molecule has 0 spiro atoms. The average Bonchev–Trinajstić information content (AvgIpc) is 3.50. The number of benzene rings is 1. The fourth-order valence-corrected chi connectivity index (χ4v) is 3.58. The van der Waals surface area contributed by atoms with Crippen molar-refractivity contribution in [2.45, 2.75) is 13.0 Å². The van der Waals surface area contributed by atoms with Crippen molar-refractivity contribution in [1.29, 1.82) is 0 Å². The van der Waals surface area contributed by atoms with Gasteiger partial charge in [-0.15, -0.1) is 0 Å². The predicted molar refractivity (Wildman–Crippen MR) is 116 cm³/mol. The summed E-state index contributed by atoms with van der Waals surface area (Å²) in [5, 5.41) is 8.13. The molecule has 0 fully saturated rings. The second-order valence-corrected chi connectivity index (χ2v) is 7.44. The third-order valence-electron chi connectivity index (χ3n) is 5.27. The maximum Gasteiger partial charge on any atom is 0.244 e. The van der Waals surface area contributed by atoms with Crippen LogP contribution in [0.5, 0.6) is 11.5 Å². The first kappa shape index (κ1) is 18.9. The lowest BCUT2D eigenvalue weighted by Crippen LogP contribution is -2.24. The molecule has 0 saturated heterocycles. The first-order valence-corrected chi connectivity index (χ1v) is 9.91. The third-order valence-corrected chi connectivity index (χ3v) is 5.27. The van der Waals surface area contributed by atoms with Crippen LogP contribution in [0.25, 0.3) is 28.2 Å². The fourth-order valence-electron chi connectivity index (χ4n) is 3.58. The van der Waals surface area contributed by atoms with Gasteiger partial charge in [0, 0.05) is 53.8 Å². The number of aryl methyl sites for hydroxylation is 1. The number of H-pyrrole nitrogens is 1. The van der Waals surface area contributed by atoms with Crippen molar-refractivity contribution >= 4 is 23.0 Å². The maximum absolute atomic E-state index is 12.5. The largest absolute Gasteiger partial charge is 0.454 e. The van der Waals surface area contributed by atoms with Gasteiger partial charge in [-0.2, -0.15) is 5.10 Å². The van der Waals surface area contributed by atoms with Crippen LogP contribution in [-0.4, -0.2) is 32.4 Å². The van der Waals surface area contributed by atoms with Gasteiger partial charge in [0.15, 0.2) is 11.5 Å². The van der Waals surface area contributed by atoms with Gasteiger partial charge in [0.2, 0.25) is 12.7 Å². The molecule has 8 nitrogen and oxygen atoms in total. The highest BCUT2D eigenvalue weighted by atomic mass is 16.7. The molecule has 0 unspecified atom stereocenters. The second-order valence-electron chi connectivity index (χ2n) is 7.44. The van der Waals surface area contributed by atoms with Gasteiger partial charge in [0.05, 0.1) is 12.2 Å². The van der Waals surface area contributed by atoms with Crippen LogP contribution in [0.2, 0.25) is 0 Å². The summed E-state index contributed by atoms with van der Waals surface area (Å²) in [5.74, 6) is 1.24. The Labute approximate surface area is 178 Å². The van der Waals surface area contributed by atoms with E-state index in [0.29, 0.717) is 5.75 Å². The Morgan fingerprint density at radius 1 is 1.23 bits per heavy atom. The molecular weight excluding hydrogens is 394 g/mol. The molecule has 156 valence electrons. The Hall–Kier alpha value is -4.07. The Morgan fingerprint density at radius 2 is 2.10 bits per heavy atom. The SMILES string of the molecule is C[C@@H](NC(=O)/C=C/c1c[nH]c2ncc(-c3cnn(C)c3)cc12)c1ccc2c(c1)OCO2.